The van der Waals surface area contributed by atoms with Crippen molar-refractivity contribution in [3.63, 3.8) is 0 Å². The third kappa shape index (κ3) is 4.22. The molecule has 1 aromatic carbocycles. The standard InChI is InChI=1S/C18H26N2O/c1-4-20-17-9-6-14-12-15(7-8-16(14)17)21-11-5-10-18(2,3)13-19/h7-8,12,17,20H,4-6,9-11H2,1-3H3. The van der Waals surface area contributed by atoms with Crippen LogP contribution < -0.4 is 10.1 Å². The van der Waals surface area contributed by atoms with E-state index >= 15 is 0 Å². The number of aryl methyl sites for hydroxylation is 1. The zero-order chi connectivity index (χ0) is 15.3. The van der Waals surface area contributed by atoms with Crippen LogP contribution in [-0.2, 0) is 6.42 Å². The van der Waals surface area contributed by atoms with E-state index in [1.807, 2.05) is 13.8 Å². The van der Waals surface area contributed by atoms with Crippen LogP contribution in [0.5, 0.6) is 5.75 Å². The van der Waals surface area contributed by atoms with Crippen LogP contribution in [0.25, 0.3) is 0 Å². The van der Waals surface area contributed by atoms with Gasteiger partial charge in [0.2, 0.25) is 0 Å². The molecule has 0 radical (unpaired) electrons. The van der Waals surface area contributed by atoms with Gasteiger partial charge in [-0.25, -0.2) is 0 Å². The number of hydrogen-bond acceptors (Lipinski definition) is 3. The second kappa shape index (κ2) is 6.95. The van der Waals surface area contributed by atoms with Crippen LogP contribution >= 0.6 is 0 Å². The lowest BCUT2D eigenvalue weighted by Crippen LogP contribution is -2.18. The van der Waals surface area contributed by atoms with Crippen molar-refractivity contribution in [2.75, 3.05) is 13.2 Å². The molecule has 1 aliphatic carbocycles. The summed E-state index contributed by atoms with van der Waals surface area (Å²) in [5.74, 6) is 0.959. The summed E-state index contributed by atoms with van der Waals surface area (Å²) in [6, 6.07) is 9.29. The lowest BCUT2D eigenvalue weighted by molar-refractivity contribution is 0.284. The molecule has 0 saturated heterocycles. The Morgan fingerprint density at radius 3 is 2.95 bits per heavy atom. The van der Waals surface area contributed by atoms with Crippen LogP contribution in [0.2, 0.25) is 0 Å². The van der Waals surface area contributed by atoms with E-state index in [1.165, 1.54) is 17.5 Å². The molecular formula is C18H26N2O. The van der Waals surface area contributed by atoms with Crippen molar-refractivity contribution in [3.8, 4) is 11.8 Å². The summed E-state index contributed by atoms with van der Waals surface area (Å²) < 4.78 is 5.84. The third-order valence-electron chi connectivity index (χ3n) is 4.16. The number of fused-ring (bicyclic) bond motifs is 1. The van der Waals surface area contributed by atoms with Crippen molar-refractivity contribution < 1.29 is 4.74 Å². The van der Waals surface area contributed by atoms with Gasteiger partial charge in [-0.05, 0) is 69.3 Å². The highest BCUT2D eigenvalue weighted by Gasteiger charge is 2.21. The lowest BCUT2D eigenvalue weighted by atomic mass is 9.90. The highest BCUT2D eigenvalue weighted by molar-refractivity contribution is 5.40. The van der Waals surface area contributed by atoms with Crippen LogP contribution in [0, 0.1) is 16.7 Å². The number of nitrogens with zero attached hydrogens (tertiary/aromatic N) is 1. The largest absolute Gasteiger partial charge is 0.494 e. The molecule has 0 spiro atoms. The Kier molecular flexibility index (Phi) is 5.25. The van der Waals surface area contributed by atoms with Gasteiger partial charge in [-0.2, -0.15) is 5.26 Å². The van der Waals surface area contributed by atoms with Crippen molar-refractivity contribution in [1.82, 2.24) is 5.32 Å². The molecule has 3 nitrogen and oxygen atoms in total. The number of ether oxygens (including phenoxy) is 1. The zero-order valence-corrected chi connectivity index (χ0v) is 13.4. The average molecular weight is 286 g/mol. The molecule has 1 atom stereocenters. The van der Waals surface area contributed by atoms with Gasteiger partial charge in [-0.3, -0.25) is 0 Å². The minimum absolute atomic E-state index is 0.250. The van der Waals surface area contributed by atoms with Gasteiger partial charge in [-0.15, -0.1) is 0 Å². The molecule has 2 rings (SSSR count). The highest BCUT2D eigenvalue weighted by atomic mass is 16.5. The van der Waals surface area contributed by atoms with Crippen LogP contribution in [-0.4, -0.2) is 13.2 Å². The van der Waals surface area contributed by atoms with Gasteiger partial charge >= 0.3 is 0 Å². The fourth-order valence-corrected chi connectivity index (χ4v) is 2.90. The van der Waals surface area contributed by atoms with E-state index < -0.39 is 0 Å². The number of nitriles is 1. The molecule has 21 heavy (non-hydrogen) atoms. The molecule has 1 unspecified atom stereocenters. The molecule has 1 aliphatic rings. The van der Waals surface area contributed by atoms with Gasteiger partial charge in [0.05, 0.1) is 18.1 Å². The van der Waals surface area contributed by atoms with Gasteiger partial charge in [-0.1, -0.05) is 13.0 Å². The first-order chi connectivity index (χ1) is 10.1. The Balaban J connectivity index is 1.85. The van der Waals surface area contributed by atoms with Crippen LogP contribution in [0.1, 0.15) is 57.2 Å². The smallest absolute Gasteiger partial charge is 0.119 e. The second-order valence-electron chi connectivity index (χ2n) is 6.46. The Morgan fingerprint density at radius 1 is 1.43 bits per heavy atom. The summed E-state index contributed by atoms with van der Waals surface area (Å²) >= 11 is 0. The first-order valence-electron chi connectivity index (χ1n) is 7.96. The summed E-state index contributed by atoms with van der Waals surface area (Å²) in [4.78, 5) is 0. The predicted octanol–water partition coefficient (Wildman–Crippen LogP) is 3.99. The van der Waals surface area contributed by atoms with Crippen molar-refractivity contribution in [2.24, 2.45) is 5.41 Å². The molecule has 1 aromatic rings. The van der Waals surface area contributed by atoms with Gasteiger partial charge in [0.15, 0.2) is 0 Å². The van der Waals surface area contributed by atoms with Crippen molar-refractivity contribution in [3.05, 3.63) is 29.3 Å². The van der Waals surface area contributed by atoms with Crippen LogP contribution in [0.3, 0.4) is 0 Å². The topological polar surface area (TPSA) is 45.0 Å². The van der Waals surface area contributed by atoms with E-state index in [9.17, 15) is 0 Å². The first kappa shape index (κ1) is 15.9. The van der Waals surface area contributed by atoms with Crippen LogP contribution in [0.15, 0.2) is 18.2 Å². The molecule has 1 N–H and O–H groups in total. The molecule has 0 bridgehead atoms. The Morgan fingerprint density at radius 2 is 2.24 bits per heavy atom. The molecule has 0 fully saturated rings. The van der Waals surface area contributed by atoms with E-state index in [4.69, 9.17) is 10.00 Å². The molecule has 0 aliphatic heterocycles. The SMILES string of the molecule is CCNC1CCc2cc(OCCCC(C)(C)C#N)ccc21. The maximum absolute atomic E-state index is 8.99. The van der Waals surface area contributed by atoms with E-state index in [0.717, 1.165) is 31.6 Å². The first-order valence-corrected chi connectivity index (χ1v) is 7.96. The number of hydrogen-bond donors (Lipinski definition) is 1. The zero-order valence-electron chi connectivity index (χ0n) is 13.4. The lowest BCUT2D eigenvalue weighted by Gasteiger charge is -2.15. The van der Waals surface area contributed by atoms with E-state index in [0.29, 0.717) is 12.6 Å². The average Bonchev–Trinajstić information content (AvgIpc) is 2.87. The van der Waals surface area contributed by atoms with Gasteiger partial charge in [0.25, 0.3) is 0 Å². The van der Waals surface area contributed by atoms with E-state index in [1.54, 1.807) is 0 Å². The highest BCUT2D eigenvalue weighted by Crippen LogP contribution is 2.33. The van der Waals surface area contributed by atoms with Crippen molar-refractivity contribution >= 4 is 0 Å². The molecular weight excluding hydrogens is 260 g/mol. The normalized spacial score (nSPS) is 17.3. The minimum atomic E-state index is -0.250. The quantitative estimate of drug-likeness (QED) is 0.771. The molecule has 0 saturated carbocycles. The van der Waals surface area contributed by atoms with E-state index in [2.05, 4.69) is 36.5 Å². The molecule has 0 amide bonds. The molecule has 0 aromatic heterocycles. The number of benzene rings is 1. The number of rotatable bonds is 7. The van der Waals surface area contributed by atoms with Crippen molar-refractivity contribution in [1.29, 1.82) is 5.26 Å². The Bertz CT molecular complexity index is 516. The second-order valence-corrected chi connectivity index (χ2v) is 6.46. The summed E-state index contributed by atoms with van der Waals surface area (Å²) in [5, 5.41) is 12.5. The maximum atomic E-state index is 8.99. The minimum Gasteiger partial charge on any atom is -0.494 e. The monoisotopic (exact) mass is 286 g/mol. The Labute approximate surface area is 128 Å². The summed E-state index contributed by atoms with van der Waals surface area (Å²) in [5.41, 5.74) is 2.59. The predicted molar refractivity (Wildman–Crippen MR) is 85.3 cm³/mol. The summed E-state index contributed by atoms with van der Waals surface area (Å²) in [7, 11) is 0. The molecule has 3 heteroatoms. The van der Waals surface area contributed by atoms with E-state index in [-0.39, 0.29) is 5.41 Å². The van der Waals surface area contributed by atoms with Crippen molar-refractivity contribution in [2.45, 2.75) is 52.5 Å². The maximum Gasteiger partial charge on any atom is 0.119 e. The fourth-order valence-electron chi connectivity index (χ4n) is 2.90. The number of nitrogens with one attached hydrogen (secondary N) is 1. The van der Waals surface area contributed by atoms with Gasteiger partial charge < -0.3 is 10.1 Å². The van der Waals surface area contributed by atoms with Gasteiger partial charge in [0, 0.05) is 6.04 Å². The molecule has 114 valence electrons. The third-order valence-corrected chi connectivity index (χ3v) is 4.16. The summed E-state index contributed by atoms with van der Waals surface area (Å²) in [6.07, 6.45) is 4.10. The summed E-state index contributed by atoms with van der Waals surface area (Å²) in [6.45, 7) is 7.79. The van der Waals surface area contributed by atoms with Gasteiger partial charge in [0.1, 0.15) is 5.75 Å². The fraction of sp³-hybridized carbons (Fsp3) is 0.611. The molecule has 0 heterocycles. The Hall–Kier alpha value is -1.53. The van der Waals surface area contributed by atoms with Crippen LogP contribution in [0.4, 0.5) is 0 Å².